The highest BCUT2D eigenvalue weighted by molar-refractivity contribution is 6.06. The van der Waals surface area contributed by atoms with Crippen molar-refractivity contribution in [2.45, 2.75) is 25.8 Å². The van der Waals surface area contributed by atoms with Crippen LogP contribution in [-0.4, -0.2) is 61.0 Å². The van der Waals surface area contributed by atoms with Gasteiger partial charge in [0.05, 0.1) is 27.0 Å². The van der Waals surface area contributed by atoms with Gasteiger partial charge >= 0.3 is 11.9 Å². The molecule has 1 aliphatic rings. The van der Waals surface area contributed by atoms with E-state index in [1.165, 1.54) is 38.2 Å². The number of carbonyl (C=O) groups is 2. The van der Waals surface area contributed by atoms with Crippen molar-refractivity contribution in [3.05, 3.63) is 65.4 Å². The van der Waals surface area contributed by atoms with E-state index in [0.29, 0.717) is 16.9 Å². The molecule has 1 fully saturated rings. The first-order valence-corrected chi connectivity index (χ1v) is 11.3. The van der Waals surface area contributed by atoms with Gasteiger partial charge in [-0.05, 0) is 56.3 Å². The van der Waals surface area contributed by atoms with Gasteiger partial charge in [-0.2, -0.15) is 5.10 Å². The maximum Gasteiger partial charge on any atom is 0.357 e. The number of rotatable bonds is 7. The highest BCUT2D eigenvalue weighted by Gasteiger charge is 2.31. The molecule has 3 aromatic rings. The van der Waals surface area contributed by atoms with Gasteiger partial charge in [0.1, 0.15) is 17.0 Å². The Hall–Kier alpha value is -3.65. The monoisotopic (exact) mass is 463 g/mol. The van der Waals surface area contributed by atoms with Crippen molar-refractivity contribution in [1.29, 1.82) is 0 Å². The van der Waals surface area contributed by atoms with Gasteiger partial charge < -0.3 is 14.2 Å². The number of carbonyl (C=O) groups excluding carboxylic acids is 2. The van der Waals surface area contributed by atoms with Crippen molar-refractivity contribution in [3.8, 4) is 22.7 Å². The summed E-state index contributed by atoms with van der Waals surface area (Å²) in [5.74, 6) is -0.569. The Labute approximate surface area is 199 Å². The SMILES string of the molecule is COC(=O)c1c(-c2ccc(OC)c(CN3CCCCC3)c2)nn(-c2ccccc2)c1C(=O)OC. The zero-order chi connectivity index (χ0) is 24.1. The Balaban J connectivity index is 1.88. The van der Waals surface area contributed by atoms with Crippen molar-refractivity contribution in [2.24, 2.45) is 0 Å². The van der Waals surface area contributed by atoms with Gasteiger partial charge in [0.25, 0.3) is 0 Å². The van der Waals surface area contributed by atoms with Crippen LogP contribution in [0.3, 0.4) is 0 Å². The normalized spacial score (nSPS) is 14.0. The summed E-state index contributed by atoms with van der Waals surface area (Å²) in [4.78, 5) is 28.1. The molecular weight excluding hydrogens is 434 g/mol. The molecule has 0 amide bonds. The topological polar surface area (TPSA) is 82.9 Å². The fourth-order valence-corrected chi connectivity index (χ4v) is 4.36. The van der Waals surface area contributed by atoms with Crippen LogP contribution in [0.2, 0.25) is 0 Å². The summed E-state index contributed by atoms with van der Waals surface area (Å²) in [5, 5.41) is 4.69. The first-order chi connectivity index (χ1) is 16.6. The molecule has 1 saturated heterocycles. The standard InChI is InChI=1S/C26H29N3O5/c1-32-21-13-12-18(16-19(21)17-28-14-8-5-9-15-28)23-22(25(30)33-2)24(26(31)34-3)29(27-23)20-10-6-4-7-11-20/h4,6-7,10-13,16H,5,8-9,14-15,17H2,1-3H3. The molecule has 0 atom stereocenters. The molecule has 0 radical (unpaired) electrons. The third-order valence-corrected chi connectivity index (χ3v) is 6.05. The number of ether oxygens (including phenoxy) is 3. The van der Waals surface area contributed by atoms with Gasteiger partial charge in [-0.3, -0.25) is 4.90 Å². The zero-order valence-electron chi connectivity index (χ0n) is 19.7. The summed E-state index contributed by atoms with van der Waals surface area (Å²) in [7, 11) is 4.20. The van der Waals surface area contributed by atoms with Crippen LogP contribution in [0.15, 0.2) is 48.5 Å². The lowest BCUT2D eigenvalue weighted by molar-refractivity contribution is 0.0549. The third-order valence-electron chi connectivity index (χ3n) is 6.05. The number of likely N-dealkylation sites (tertiary alicyclic amines) is 1. The van der Waals surface area contributed by atoms with Crippen LogP contribution in [0.5, 0.6) is 5.75 Å². The Morgan fingerprint density at radius 3 is 2.26 bits per heavy atom. The van der Waals surface area contributed by atoms with Crippen LogP contribution >= 0.6 is 0 Å². The maximum atomic E-state index is 12.9. The van der Waals surface area contributed by atoms with Crippen molar-refractivity contribution < 1.29 is 23.8 Å². The molecular formula is C26H29N3O5. The Kier molecular flexibility index (Phi) is 7.27. The lowest BCUT2D eigenvalue weighted by Gasteiger charge is -2.27. The lowest BCUT2D eigenvalue weighted by Crippen LogP contribution is -2.29. The van der Waals surface area contributed by atoms with E-state index >= 15 is 0 Å². The van der Waals surface area contributed by atoms with Gasteiger partial charge in [0.15, 0.2) is 5.69 Å². The quantitative estimate of drug-likeness (QED) is 0.488. The number of hydrogen-bond acceptors (Lipinski definition) is 7. The molecule has 0 spiro atoms. The number of nitrogens with zero attached hydrogens (tertiary/aromatic N) is 3. The summed E-state index contributed by atoms with van der Waals surface area (Å²) < 4.78 is 17.1. The van der Waals surface area contributed by atoms with E-state index in [2.05, 4.69) is 4.90 Å². The van der Waals surface area contributed by atoms with Crippen molar-refractivity contribution in [1.82, 2.24) is 14.7 Å². The summed E-state index contributed by atoms with van der Waals surface area (Å²) in [6.07, 6.45) is 3.61. The van der Waals surface area contributed by atoms with E-state index in [9.17, 15) is 9.59 Å². The van der Waals surface area contributed by atoms with Crippen LogP contribution in [0, 0.1) is 0 Å². The second kappa shape index (κ2) is 10.5. The Morgan fingerprint density at radius 2 is 1.62 bits per heavy atom. The molecule has 2 aromatic carbocycles. The molecule has 4 rings (SSSR count). The van der Waals surface area contributed by atoms with Gasteiger partial charge in [-0.15, -0.1) is 0 Å². The van der Waals surface area contributed by atoms with Crippen molar-refractivity contribution in [3.63, 3.8) is 0 Å². The summed E-state index contributed by atoms with van der Waals surface area (Å²) >= 11 is 0. The largest absolute Gasteiger partial charge is 0.496 e. The molecule has 0 N–H and O–H groups in total. The molecule has 1 aromatic heterocycles. The molecule has 0 bridgehead atoms. The molecule has 0 aliphatic carbocycles. The van der Waals surface area contributed by atoms with Crippen LogP contribution in [0.4, 0.5) is 0 Å². The molecule has 1 aliphatic heterocycles. The number of benzene rings is 2. The summed E-state index contributed by atoms with van der Waals surface area (Å²) in [5.41, 5.74) is 2.73. The fraction of sp³-hybridized carbons (Fsp3) is 0.346. The van der Waals surface area contributed by atoms with Crippen LogP contribution in [0.1, 0.15) is 45.7 Å². The van der Waals surface area contributed by atoms with Gasteiger partial charge in [0, 0.05) is 17.7 Å². The number of methoxy groups -OCH3 is 3. The van der Waals surface area contributed by atoms with E-state index in [1.54, 1.807) is 19.2 Å². The summed E-state index contributed by atoms with van der Waals surface area (Å²) in [6, 6.07) is 14.8. The van der Waals surface area contributed by atoms with E-state index in [1.807, 2.05) is 36.4 Å². The second-order valence-corrected chi connectivity index (χ2v) is 8.17. The van der Waals surface area contributed by atoms with Crippen molar-refractivity contribution in [2.75, 3.05) is 34.4 Å². The first-order valence-electron chi connectivity index (χ1n) is 11.3. The minimum Gasteiger partial charge on any atom is -0.496 e. The van der Waals surface area contributed by atoms with E-state index in [4.69, 9.17) is 19.3 Å². The summed E-state index contributed by atoms with van der Waals surface area (Å²) in [6.45, 7) is 2.81. The minimum absolute atomic E-state index is 0.0175. The highest BCUT2D eigenvalue weighted by atomic mass is 16.5. The minimum atomic E-state index is -0.676. The predicted octanol–water partition coefficient (Wildman–Crippen LogP) is 4.11. The lowest BCUT2D eigenvalue weighted by atomic mass is 10.0. The van der Waals surface area contributed by atoms with Crippen LogP contribution < -0.4 is 4.74 Å². The molecule has 34 heavy (non-hydrogen) atoms. The predicted molar refractivity (Wildman–Crippen MR) is 127 cm³/mol. The highest BCUT2D eigenvalue weighted by Crippen LogP contribution is 2.33. The fourth-order valence-electron chi connectivity index (χ4n) is 4.36. The molecule has 0 saturated carbocycles. The Bertz CT molecular complexity index is 1170. The molecule has 178 valence electrons. The number of hydrogen-bond donors (Lipinski definition) is 0. The molecule has 2 heterocycles. The number of piperidine rings is 1. The molecule has 8 nitrogen and oxygen atoms in total. The van der Waals surface area contributed by atoms with Gasteiger partial charge in [-0.1, -0.05) is 24.6 Å². The first kappa shape index (κ1) is 23.5. The maximum absolute atomic E-state index is 12.9. The van der Waals surface area contributed by atoms with E-state index in [-0.39, 0.29) is 11.3 Å². The van der Waals surface area contributed by atoms with E-state index < -0.39 is 11.9 Å². The smallest absolute Gasteiger partial charge is 0.357 e. The number of aromatic nitrogens is 2. The van der Waals surface area contributed by atoms with E-state index in [0.717, 1.165) is 30.9 Å². The molecule has 0 unspecified atom stereocenters. The average Bonchev–Trinajstić information content (AvgIpc) is 3.29. The van der Waals surface area contributed by atoms with Crippen LogP contribution in [-0.2, 0) is 16.0 Å². The number of para-hydroxylation sites is 1. The van der Waals surface area contributed by atoms with Gasteiger partial charge in [0.2, 0.25) is 0 Å². The Morgan fingerprint density at radius 1 is 0.912 bits per heavy atom. The number of esters is 2. The van der Waals surface area contributed by atoms with Crippen LogP contribution in [0.25, 0.3) is 16.9 Å². The third kappa shape index (κ3) is 4.68. The molecule has 8 heteroatoms. The average molecular weight is 464 g/mol. The van der Waals surface area contributed by atoms with Crippen molar-refractivity contribution >= 4 is 11.9 Å². The zero-order valence-corrected chi connectivity index (χ0v) is 19.7. The second-order valence-electron chi connectivity index (χ2n) is 8.17. The van der Waals surface area contributed by atoms with Gasteiger partial charge in [-0.25, -0.2) is 14.3 Å².